The fourth-order valence-electron chi connectivity index (χ4n) is 1.21. The second-order valence-electron chi connectivity index (χ2n) is 3.29. The molecule has 3 nitrogen and oxygen atoms in total. The molecule has 2 aromatic rings. The minimum atomic E-state index is -0.812. The normalized spacial score (nSPS) is 10.5. The summed E-state index contributed by atoms with van der Waals surface area (Å²) in [5.74, 6) is -1.62. The van der Waals surface area contributed by atoms with Gasteiger partial charge in [-0.2, -0.15) is 0 Å². The van der Waals surface area contributed by atoms with Crippen molar-refractivity contribution in [3.63, 3.8) is 0 Å². The molecule has 1 aromatic carbocycles. The Labute approximate surface area is 99.8 Å². The number of aromatic nitrogens is 1. The summed E-state index contributed by atoms with van der Waals surface area (Å²) in [4.78, 5) is 14.1. The maximum atomic E-state index is 13.5. The van der Waals surface area contributed by atoms with Gasteiger partial charge in [0.1, 0.15) is 24.2 Å². The van der Waals surface area contributed by atoms with Crippen LogP contribution < -0.4 is 0 Å². The number of aldehydes is 1. The van der Waals surface area contributed by atoms with Crippen LogP contribution in [0.15, 0.2) is 32.9 Å². The third-order valence-corrected chi connectivity index (χ3v) is 2.90. The Bertz CT molecular complexity index is 545. The number of rotatable bonds is 3. The summed E-state index contributed by atoms with van der Waals surface area (Å²) in [6.07, 6.45) is 1.77. The van der Waals surface area contributed by atoms with Crippen molar-refractivity contribution < 1.29 is 18.0 Å². The zero-order chi connectivity index (χ0) is 12.4. The molecule has 0 N–H and O–H groups in total. The maximum Gasteiger partial charge on any atom is 0.260 e. The first-order valence-electron chi connectivity index (χ1n) is 4.64. The van der Waals surface area contributed by atoms with E-state index in [1.54, 1.807) is 6.92 Å². The van der Waals surface area contributed by atoms with Crippen LogP contribution >= 0.6 is 11.8 Å². The van der Waals surface area contributed by atoms with E-state index in [1.807, 2.05) is 0 Å². The highest BCUT2D eigenvalue weighted by Crippen LogP contribution is 2.31. The number of hydrogen-bond acceptors (Lipinski definition) is 4. The molecule has 2 rings (SSSR count). The molecule has 0 amide bonds. The molecule has 0 aliphatic rings. The quantitative estimate of drug-likeness (QED) is 0.790. The smallest absolute Gasteiger partial charge is 0.260 e. The molecule has 0 bridgehead atoms. The summed E-state index contributed by atoms with van der Waals surface area (Å²) in [5.41, 5.74) is 0.575. The fourth-order valence-corrected chi connectivity index (χ4v) is 1.98. The molecule has 0 atom stereocenters. The molecule has 1 aromatic heterocycles. The van der Waals surface area contributed by atoms with Crippen molar-refractivity contribution in [3.8, 4) is 0 Å². The van der Waals surface area contributed by atoms with E-state index in [-0.39, 0.29) is 15.7 Å². The molecule has 0 radical (unpaired) electrons. The van der Waals surface area contributed by atoms with Crippen LogP contribution in [0, 0.1) is 18.6 Å². The van der Waals surface area contributed by atoms with Gasteiger partial charge in [0.25, 0.3) is 5.22 Å². The highest BCUT2D eigenvalue weighted by Gasteiger charge is 2.15. The van der Waals surface area contributed by atoms with Crippen LogP contribution in [0.4, 0.5) is 8.78 Å². The van der Waals surface area contributed by atoms with Gasteiger partial charge in [0.05, 0.1) is 10.6 Å². The molecule has 0 unspecified atom stereocenters. The van der Waals surface area contributed by atoms with E-state index in [0.29, 0.717) is 12.0 Å². The Hall–Kier alpha value is -1.69. The van der Waals surface area contributed by atoms with E-state index >= 15 is 0 Å². The number of oxazole rings is 1. The fraction of sp³-hybridized carbons (Fsp3) is 0.0909. The molecule has 0 saturated heterocycles. The third-order valence-electron chi connectivity index (χ3n) is 1.94. The van der Waals surface area contributed by atoms with Crippen molar-refractivity contribution in [3.05, 3.63) is 41.3 Å². The number of nitrogens with zero attached hydrogens (tertiary/aromatic N) is 1. The highest BCUT2D eigenvalue weighted by atomic mass is 32.2. The van der Waals surface area contributed by atoms with Gasteiger partial charge in [-0.1, -0.05) is 0 Å². The average molecular weight is 255 g/mol. The van der Waals surface area contributed by atoms with Gasteiger partial charge >= 0.3 is 0 Å². The molecule has 0 spiro atoms. The second-order valence-corrected chi connectivity index (χ2v) is 4.25. The van der Waals surface area contributed by atoms with E-state index in [0.717, 1.165) is 23.9 Å². The molecule has 1 heterocycles. The summed E-state index contributed by atoms with van der Waals surface area (Å²) in [7, 11) is 0. The molecular weight excluding hydrogens is 248 g/mol. The third kappa shape index (κ3) is 2.52. The lowest BCUT2D eigenvalue weighted by atomic mass is 10.2. The van der Waals surface area contributed by atoms with Crippen molar-refractivity contribution in [2.75, 3.05) is 0 Å². The van der Waals surface area contributed by atoms with Crippen molar-refractivity contribution in [2.45, 2.75) is 17.0 Å². The Morgan fingerprint density at radius 2 is 2.00 bits per heavy atom. The minimum Gasteiger partial charge on any atom is -0.439 e. The monoisotopic (exact) mass is 255 g/mol. The number of carbonyl (C=O) groups excluding carboxylic acids is 1. The Kier molecular flexibility index (Phi) is 3.23. The van der Waals surface area contributed by atoms with Gasteiger partial charge < -0.3 is 4.42 Å². The van der Waals surface area contributed by atoms with Gasteiger partial charge in [-0.25, -0.2) is 13.8 Å². The number of benzene rings is 1. The molecule has 88 valence electrons. The SMILES string of the molecule is Cc1coc(Sc2c(F)cc(C=O)cc2F)n1. The van der Waals surface area contributed by atoms with Crippen LogP contribution in [0.5, 0.6) is 0 Å². The van der Waals surface area contributed by atoms with Crippen LogP contribution in [0.3, 0.4) is 0 Å². The summed E-state index contributed by atoms with van der Waals surface area (Å²) < 4.78 is 32.0. The first-order valence-corrected chi connectivity index (χ1v) is 5.46. The first-order chi connectivity index (χ1) is 8.10. The lowest BCUT2D eigenvalue weighted by Gasteiger charge is -2.02. The van der Waals surface area contributed by atoms with E-state index in [1.165, 1.54) is 6.26 Å². The van der Waals surface area contributed by atoms with Gasteiger partial charge in [-0.15, -0.1) is 0 Å². The van der Waals surface area contributed by atoms with Gasteiger partial charge in [0.2, 0.25) is 0 Å². The van der Waals surface area contributed by atoms with Crippen molar-refractivity contribution >= 4 is 18.0 Å². The molecule has 0 aliphatic carbocycles. The minimum absolute atomic E-state index is 0.0482. The molecule has 17 heavy (non-hydrogen) atoms. The van der Waals surface area contributed by atoms with Gasteiger partial charge in [-0.05, 0) is 30.8 Å². The predicted octanol–water partition coefficient (Wildman–Crippen LogP) is 3.22. The van der Waals surface area contributed by atoms with Gasteiger partial charge in [0.15, 0.2) is 0 Å². The second kappa shape index (κ2) is 4.67. The zero-order valence-corrected chi connectivity index (χ0v) is 9.55. The number of hydrogen-bond donors (Lipinski definition) is 0. The topological polar surface area (TPSA) is 43.1 Å². The average Bonchev–Trinajstić information content (AvgIpc) is 2.69. The van der Waals surface area contributed by atoms with Crippen LogP contribution in [0.1, 0.15) is 16.1 Å². The van der Waals surface area contributed by atoms with Crippen LogP contribution in [0.25, 0.3) is 0 Å². The molecule has 0 fully saturated rings. The summed E-state index contributed by atoms with van der Waals surface area (Å²) in [5, 5.41) is 0.152. The van der Waals surface area contributed by atoms with E-state index < -0.39 is 11.6 Å². The lowest BCUT2D eigenvalue weighted by molar-refractivity contribution is 0.112. The molecule has 0 aliphatic heterocycles. The van der Waals surface area contributed by atoms with E-state index in [4.69, 9.17) is 4.42 Å². The lowest BCUT2D eigenvalue weighted by Crippen LogP contribution is -1.92. The number of aryl methyl sites for hydroxylation is 1. The zero-order valence-electron chi connectivity index (χ0n) is 8.74. The molecule has 0 saturated carbocycles. The number of carbonyl (C=O) groups is 1. The van der Waals surface area contributed by atoms with Gasteiger partial charge in [0, 0.05) is 5.56 Å². The van der Waals surface area contributed by atoms with Crippen LogP contribution in [-0.2, 0) is 0 Å². The maximum absolute atomic E-state index is 13.5. The van der Waals surface area contributed by atoms with Crippen LogP contribution in [-0.4, -0.2) is 11.3 Å². The Morgan fingerprint density at radius 3 is 2.47 bits per heavy atom. The molecule has 6 heteroatoms. The van der Waals surface area contributed by atoms with Crippen molar-refractivity contribution in [2.24, 2.45) is 0 Å². The first kappa shape index (κ1) is 11.8. The summed E-state index contributed by atoms with van der Waals surface area (Å²) in [6, 6.07) is 1.93. The summed E-state index contributed by atoms with van der Waals surface area (Å²) >= 11 is 0.737. The van der Waals surface area contributed by atoms with E-state index in [2.05, 4.69) is 4.98 Å². The van der Waals surface area contributed by atoms with E-state index in [9.17, 15) is 13.6 Å². The molecular formula is C11H7F2NO2S. The number of halogens is 2. The van der Waals surface area contributed by atoms with Crippen molar-refractivity contribution in [1.82, 2.24) is 4.98 Å². The highest BCUT2D eigenvalue weighted by molar-refractivity contribution is 7.99. The Morgan fingerprint density at radius 1 is 1.35 bits per heavy atom. The van der Waals surface area contributed by atoms with Gasteiger partial charge in [-0.3, -0.25) is 4.79 Å². The Balaban J connectivity index is 2.36. The largest absolute Gasteiger partial charge is 0.439 e. The predicted molar refractivity (Wildman–Crippen MR) is 57.1 cm³/mol. The summed E-state index contributed by atoms with van der Waals surface area (Å²) in [6.45, 7) is 1.70. The van der Waals surface area contributed by atoms with Crippen LogP contribution in [0.2, 0.25) is 0 Å². The standard InChI is InChI=1S/C11H7F2NO2S/c1-6-5-16-11(14-6)17-10-8(12)2-7(4-15)3-9(10)13/h2-5H,1H3. The van der Waals surface area contributed by atoms with Crippen molar-refractivity contribution in [1.29, 1.82) is 0 Å².